The first-order chi connectivity index (χ1) is 9.10. The molecule has 0 aromatic heterocycles. The third-order valence-electron chi connectivity index (χ3n) is 3.02. The molecule has 0 bridgehead atoms. The maximum absolute atomic E-state index is 6.14. The van der Waals surface area contributed by atoms with Gasteiger partial charge in [-0.05, 0) is 37.1 Å². The molecule has 0 aliphatic heterocycles. The van der Waals surface area contributed by atoms with Crippen LogP contribution in [0, 0.1) is 13.8 Å². The third-order valence-corrected chi connectivity index (χ3v) is 3.33. The average Bonchev–Trinajstić information content (AvgIpc) is 2.41. The molecule has 19 heavy (non-hydrogen) atoms. The molecule has 0 spiro atoms. The summed E-state index contributed by atoms with van der Waals surface area (Å²) in [5.41, 5.74) is 9.20. The first-order valence-corrected chi connectivity index (χ1v) is 6.67. The number of aryl methyl sites for hydroxylation is 2. The van der Waals surface area contributed by atoms with Gasteiger partial charge in [-0.25, -0.2) is 0 Å². The van der Waals surface area contributed by atoms with Gasteiger partial charge in [0.2, 0.25) is 0 Å². The zero-order chi connectivity index (χ0) is 13.8. The number of ether oxygens (including phenoxy) is 1. The molecule has 0 saturated carbocycles. The minimum atomic E-state index is -0.181. The van der Waals surface area contributed by atoms with E-state index in [2.05, 4.69) is 19.1 Å². The predicted octanol–water partition coefficient (Wildman–Crippen LogP) is 4.04. The molecule has 0 saturated heterocycles. The molecule has 0 radical (unpaired) electrons. The summed E-state index contributed by atoms with van der Waals surface area (Å²) in [4.78, 5) is 0. The Morgan fingerprint density at radius 1 is 1.05 bits per heavy atom. The molecule has 2 aromatic rings. The SMILES string of the molecule is Cc1ccc(C(CN)Oc2cc(C)ccc2Cl)cc1. The molecule has 0 amide bonds. The molecule has 0 heterocycles. The second kappa shape index (κ2) is 6.09. The molecular weight excluding hydrogens is 258 g/mol. The molecule has 2 N–H and O–H groups in total. The largest absolute Gasteiger partial charge is 0.483 e. The van der Waals surface area contributed by atoms with Crippen molar-refractivity contribution in [3.63, 3.8) is 0 Å². The highest BCUT2D eigenvalue weighted by molar-refractivity contribution is 6.32. The van der Waals surface area contributed by atoms with Crippen molar-refractivity contribution in [2.24, 2.45) is 5.73 Å². The lowest BCUT2D eigenvalue weighted by molar-refractivity contribution is 0.214. The predicted molar refractivity (Wildman–Crippen MR) is 79.8 cm³/mol. The lowest BCUT2D eigenvalue weighted by Gasteiger charge is -2.19. The second-order valence-corrected chi connectivity index (χ2v) is 5.09. The summed E-state index contributed by atoms with van der Waals surface area (Å²) < 4.78 is 5.94. The van der Waals surface area contributed by atoms with Gasteiger partial charge in [0.05, 0.1) is 5.02 Å². The lowest BCUT2D eigenvalue weighted by Crippen LogP contribution is -2.18. The fourth-order valence-electron chi connectivity index (χ4n) is 1.89. The molecular formula is C16H18ClNO. The van der Waals surface area contributed by atoms with E-state index in [4.69, 9.17) is 22.1 Å². The summed E-state index contributed by atoms with van der Waals surface area (Å²) in [6.45, 7) is 4.47. The van der Waals surface area contributed by atoms with Crippen LogP contribution in [0.3, 0.4) is 0 Å². The summed E-state index contributed by atoms with van der Waals surface area (Å²) in [5, 5.41) is 0.608. The Morgan fingerprint density at radius 2 is 1.68 bits per heavy atom. The van der Waals surface area contributed by atoms with Crippen LogP contribution >= 0.6 is 11.6 Å². The second-order valence-electron chi connectivity index (χ2n) is 4.69. The van der Waals surface area contributed by atoms with Gasteiger partial charge in [-0.3, -0.25) is 0 Å². The van der Waals surface area contributed by atoms with E-state index in [1.807, 2.05) is 37.3 Å². The van der Waals surface area contributed by atoms with E-state index >= 15 is 0 Å². The average molecular weight is 276 g/mol. The van der Waals surface area contributed by atoms with Gasteiger partial charge < -0.3 is 10.5 Å². The van der Waals surface area contributed by atoms with E-state index in [1.165, 1.54) is 5.56 Å². The van der Waals surface area contributed by atoms with Gasteiger partial charge in [0.1, 0.15) is 11.9 Å². The van der Waals surface area contributed by atoms with Gasteiger partial charge in [-0.1, -0.05) is 47.5 Å². The molecule has 1 unspecified atom stereocenters. The van der Waals surface area contributed by atoms with Crippen molar-refractivity contribution in [3.05, 3.63) is 64.2 Å². The Hall–Kier alpha value is -1.51. The van der Waals surface area contributed by atoms with Crippen molar-refractivity contribution >= 4 is 11.6 Å². The Bertz CT molecular complexity index is 551. The van der Waals surface area contributed by atoms with Crippen LogP contribution in [0.2, 0.25) is 5.02 Å². The molecule has 0 fully saturated rings. The minimum absolute atomic E-state index is 0.181. The van der Waals surface area contributed by atoms with Gasteiger partial charge in [0, 0.05) is 6.54 Å². The van der Waals surface area contributed by atoms with E-state index < -0.39 is 0 Å². The molecule has 3 heteroatoms. The molecule has 2 nitrogen and oxygen atoms in total. The molecule has 2 aromatic carbocycles. The third kappa shape index (κ3) is 3.49. The number of hydrogen-bond acceptors (Lipinski definition) is 2. The van der Waals surface area contributed by atoms with Crippen molar-refractivity contribution in [1.82, 2.24) is 0 Å². The minimum Gasteiger partial charge on any atom is -0.483 e. The lowest BCUT2D eigenvalue weighted by atomic mass is 10.1. The van der Waals surface area contributed by atoms with Gasteiger partial charge in [-0.15, -0.1) is 0 Å². The van der Waals surface area contributed by atoms with Crippen LogP contribution in [0.15, 0.2) is 42.5 Å². The first kappa shape index (κ1) is 13.9. The number of hydrogen-bond donors (Lipinski definition) is 1. The highest BCUT2D eigenvalue weighted by Crippen LogP contribution is 2.29. The van der Waals surface area contributed by atoms with Crippen molar-refractivity contribution < 1.29 is 4.74 Å². The fourth-order valence-corrected chi connectivity index (χ4v) is 2.05. The maximum atomic E-state index is 6.14. The van der Waals surface area contributed by atoms with Crippen LogP contribution in [0.1, 0.15) is 22.8 Å². The standard InChI is InChI=1S/C16H18ClNO/c1-11-3-6-13(7-4-11)16(10-18)19-15-9-12(2)5-8-14(15)17/h3-9,16H,10,18H2,1-2H3. The van der Waals surface area contributed by atoms with Gasteiger partial charge in [-0.2, -0.15) is 0 Å². The summed E-state index contributed by atoms with van der Waals surface area (Å²) in [6, 6.07) is 13.9. The zero-order valence-corrected chi connectivity index (χ0v) is 11.9. The Balaban J connectivity index is 2.23. The maximum Gasteiger partial charge on any atom is 0.139 e. The molecule has 100 valence electrons. The Kier molecular flexibility index (Phi) is 4.46. The van der Waals surface area contributed by atoms with E-state index in [0.717, 1.165) is 11.1 Å². The fraction of sp³-hybridized carbons (Fsp3) is 0.250. The summed E-state index contributed by atoms with van der Waals surface area (Å²) in [5.74, 6) is 0.678. The van der Waals surface area contributed by atoms with Gasteiger partial charge >= 0.3 is 0 Å². The van der Waals surface area contributed by atoms with Crippen LogP contribution < -0.4 is 10.5 Å². The summed E-state index contributed by atoms with van der Waals surface area (Å²) in [7, 11) is 0. The van der Waals surface area contributed by atoms with Crippen molar-refractivity contribution in [2.75, 3.05) is 6.54 Å². The Morgan fingerprint density at radius 3 is 2.32 bits per heavy atom. The molecule has 1 atom stereocenters. The van der Waals surface area contributed by atoms with Gasteiger partial charge in [0.15, 0.2) is 0 Å². The normalized spacial score (nSPS) is 12.2. The smallest absolute Gasteiger partial charge is 0.139 e. The van der Waals surface area contributed by atoms with Crippen LogP contribution in [0.25, 0.3) is 0 Å². The number of halogens is 1. The topological polar surface area (TPSA) is 35.2 Å². The Labute approximate surface area is 119 Å². The van der Waals surface area contributed by atoms with Crippen molar-refractivity contribution in [1.29, 1.82) is 0 Å². The number of nitrogens with two attached hydrogens (primary N) is 1. The van der Waals surface area contributed by atoms with Gasteiger partial charge in [0.25, 0.3) is 0 Å². The van der Waals surface area contributed by atoms with E-state index in [0.29, 0.717) is 17.3 Å². The van der Waals surface area contributed by atoms with Crippen LogP contribution in [-0.2, 0) is 0 Å². The first-order valence-electron chi connectivity index (χ1n) is 6.29. The van der Waals surface area contributed by atoms with Crippen molar-refractivity contribution in [2.45, 2.75) is 20.0 Å². The number of benzene rings is 2. The highest BCUT2D eigenvalue weighted by Gasteiger charge is 2.13. The zero-order valence-electron chi connectivity index (χ0n) is 11.2. The van der Waals surface area contributed by atoms with Crippen LogP contribution in [-0.4, -0.2) is 6.54 Å². The summed E-state index contributed by atoms with van der Waals surface area (Å²) >= 11 is 6.14. The molecule has 2 rings (SSSR count). The number of rotatable bonds is 4. The van der Waals surface area contributed by atoms with E-state index in [9.17, 15) is 0 Å². The van der Waals surface area contributed by atoms with Crippen LogP contribution in [0.4, 0.5) is 0 Å². The molecule has 0 aliphatic carbocycles. The quantitative estimate of drug-likeness (QED) is 0.914. The van der Waals surface area contributed by atoms with E-state index in [-0.39, 0.29) is 6.10 Å². The van der Waals surface area contributed by atoms with E-state index in [1.54, 1.807) is 0 Å². The molecule has 0 aliphatic rings. The van der Waals surface area contributed by atoms with Crippen molar-refractivity contribution in [3.8, 4) is 5.75 Å². The summed E-state index contributed by atoms with van der Waals surface area (Å²) in [6.07, 6.45) is -0.181. The highest BCUT2D eigenvalue weighted by atomic mass is 35.5. The monoisotopic (exact) mass is 275 g/mol. The van der Waals surface area contributed by atoms with Crippen LogP contribution in [0.5, 0.6) is 5.75 Å².